The molecule has 1 heterocycles. The van der Waals surface area contributed by atoms with E-state index in [-0.39, 0.29) is 12.5 Å². The van der Waals surface area contributed by atoms with Crippen molar-refractivity contribution in [1.82, 2.24) is 0 Å². The molecular weight excluding hydrogens is 190 g/mol. The van der Waals surface area contributed by atoms with Crippen LogP contribution in [-0.4, -0.2) is 25.9 Å². The molecule has 4 nitrogen and oxygen atoms in total. The molecular formula is C8H9NO3S. The van der Waals surface area contributed by atoms with Gasteiger partial charge in [-0.05, 0) is 12.1 Å². The molecule has 0 aliphatic rings. The largest absolute Gasteiger partial charge is 0.375 e. The number of carbonyl (C=O) groups excluding carboxylic acids is 2. The zero-order valence-corrected chi connectivity index (χ0v) is 7.89. The van der Waals surface area contributed by atoms with E-state index < -0.39 is 0 Å². The molecule has 0 bridgehead atoms. The number of hydrogen-bond donors (Lipinski definition) is 1. The Morgan fingerprint density at radius 2 is 2.46 bits per heavy atom. The smallest absolute Gasteiger partial charge is 0.250 e. The Morgan fingerprint density at radius 3 is 3.00 bits per heavy atom. The van der Waals surface area contributed by atoms with Gasteiger partial charge in [0.15, 0.2) is 6.29 Å². The van der Waals surface area contributed by atoms with Gasteiger partial charge in [-0.2, -0.15) is 0 Å². The van der Waals surface area contributed by atoms with Crippen LogP contribution in [0.5, 0.6) is 0 Å². The minimum atomic E-state index is -0.221. The third-order valence-corrected chi connectivity index (χ3v) is 2.21. The Balaban J connectivity index is 2.53. The number of ether oxygens (including phenoxy) is 1. The van der Waals surface area contributed by atoms with Gasteiger partial charge in [0.25, 0.3) is 5.91 Å². The van der Waals surface area contributed by atoms with E-state index in [1.165, 1.54) is 18.4 Å². The van der Waals surface area contributed by atoms with E-state index >= 15 is 0 Å². The number of hydrogen-bond acceptors (Lipinski definition) is 4. The van der Waals surface area contributed by atoms with Gasteiger partial charge in [-0.1, -0.05) is 0 Å². The summed E-state index contributed by atoms with van der Waals surface area (Å²) in [6.45, 7) is 0.0221. The lowest BCUT2D eigenvalue weighted by Crippen LogP contribution is -2.16. The van der Waals surface area contributed by atoms with Crippen molar-refractivity contribution in [2.24, 2.45) is 0 Å². The molecule has 70 valence electrons. The molecule has 1 N–H and O–H groups in total. The van der Waals surface area contributed by atoms with Crippen molar-refractivity contribution < 1.29 is 14.3 Å². The number of nitrogens with one attached hydrogen (secondary N) is 1. The topological polar surface area (TPSA) is 55.4 Å². The summed E-state index contributed by atoms with van der Waals surface area (Å²) in [5.41, 5.74) is 0. The highest BCUT2D eigenvalue weighted by Gasteiger charge is 2.03. The van der Waals surface area contributed by atoms with Gasteiger partial charge < -0.3 is 10.1 Å². The fourth-order valence-electron chi connectivity index (χ4n) is 0.788. The summed E-state index contributed by atoms with van der Waals surface area (Å²) in [6.07, 6.45) is 0.747. The molecule has 0 aliphatic carbocycles. The lowest BCUT2D eigenvalue weighted by atomic mass is 10.5. The van der Waals surface area contributed by atoms with E-state index in [0.29, 0.717) is 9.88 Å². The monoisotopic (exact) mass is 199 g/mol. The summed E-state index contributed by atoms with van der Waals surface area (Å²) in [5, 5.41) is 3.25. The molecule has 0 unspecified atom stereocenters. The standard InChI is InChI=1S/C8H9NO3S/c1-12-5-7(11)9-8-3-2-6(4-10)13-8/h2-4H,5H2,1H3,(H,9,11). The fourth-order valence-corrected chi connectivity index (χ4v) is 1.53. The quantitative estimate of drug-likeness (QED) is 0.740. The number of carbonyl (C=O) groups is 2. The van der Waals surface area contributed by atoms with Gasteiger partial charge in [0.2, 0.25) is 0 Å². The van der Waals surface area contributed by atoms with Crippen molar-refractivity contribution >= 4 is 28.5 Å². The molecule has 0 atom stereocenters. The van der Waals surface area contributed by atoms with Crippen molar-refractivity contribution in [1.29, 1.82) is 0 Å². The molecule has 1 aromatic heterocycles. The molecule has 0 aromatic carbocycles. The van der Waals surface area contributed by atoms with Crippen LogP contribution in [0.3, 0.4) is 0 Å². The SMILES string of the molecule is COCC(=O)Nc1ccc(C=O)s1. The number of anilines is 1. The predicted molar refractivity (Wildman–Crippen MR) is 50.2 cm³/mol. The molecule has 1 amide bonds. The van der Waals surface area contributed by atoms with Gasteiger partial charge in [-0.15, -0.1) is 11.3 Å². The van der Waals surface area contributed by atoms with Crippen LogP contribution in [0, 0.1) is 0 Å². The van der Waals surface area contributed by atoms with Crippen LogP contribution in [0.15, 0.2) is 12.1 Å². The molecule has 0 saturated heterocycles. The third-order valence-electron chi connectivity index (χ3n) is 1.28. The van der Waals surface area contributed by atoms with Crippen LogP contribution in [-0.2, 0) is 9.53 Å². The molecule has 5 heteroatoms. The maximum absolute atomic E-state index is 11.0. The molecule has 1 rings (SSSR count). The summed E-state index contributed by atoms with van der Waals surface area (Å²) in [7, 11) is 1.45. The Morgan fingerprint density at radius 1 is 1.69 bits per heavy atom. The third kappa shape index (κ3) is 2.96. The van der Waals surface area contributed by atoms with Crippen molar-refractivity contribution in [2.45, 2.75) is 0 Å². The lowest BCUT2D eigenvalue weighted by Gasteiger charge is -1.99. The second-order valence-electron chi connectivity index (χ2n) is 2.30. The van der Waals surface area contributed by atoms with Gasteiger partial charge in [-0.3, -0.25) is 9.59 Å². The highest BCUT2D eigenvalue weighted by Crippen LogP contribution is 2.19. The van der Waals surface area contributed by atoms with E-state index in [4.69, 9.17) is 0 Å². The summed E-state index contributed by atoms with van der Waals surface area (Å²) < 4.78 is 4.63. The Hall–Kier alpha value is -1.20. The number of aldehydes is 1. The normalized spacial score (nSPS) is 9.62. The first-order chi connectivity index (χ1) is 6.26. The zero-order valence-electron chi connectivity index (χ0n) is 7.07. The van der Waals surface area contributed by atoms with Gasteiger partial charge in [0, 0.05) is 7.11 Å². The summed E-state index contributed by atoms with van der Waals surface area (Å²) >= 11 is 1.23. The summed E-state index contributed by atoms with van der Waals surface area (Å²) in [4.78, 5) is 21.9. The van der Waals surface area contributed by atoms with E-state index in [1.54, 1.807) is 12.1 Å². The molecule has 1 aromatic rings. The maximum atomic E-state index is 11.0. The van der Waals surface area contributed by atoms with Crippen LogP contribution >= 0.6 is 11.3 Å². The number of methoxy groups -OCH3 is 1. The highest BCUT2D eigenvalue weighted by molar-refractivity contribution is 7.17. The minimum absolute atomic E-state index is 0.0221. The van der Waals surface area contributed by atoms with Crippen molar-refractivity contribution in [3.05, 3.63) is 17.0 Å². The lowest BCUT2D eigenvalue weighted by molar-refractivity contribution is -0.119. The van der Waals surface area contributed by atoms with Crippen LogP contribution in [0.2, 0.25) is 0 Å². The van der Waals surface area contributed by atoms with Gasteiger partial charge in [0.1, 0.15) is 6.61 Å². The first-order valence-corrected chi connectivity index (χ1v) is 4.41. The molecule has 0 saturated carbocycles. The number of amides is 1. The Labute approximate surface area is 79.5 Å². The van der Waals surface area contributed by atoms with Gasteiger partial charge in [0.05, 0.1) is 9.88 Å². The van der Waals surface area contributed by atoms with Crippen LogP contribution in [0.4, 0.5) is 5.00 Å². The predicted octanol–water partition coefficient (Wildman–Crippen LogP) is 1.15. The van der Waals surface area contributed by atoms with Crippen LogP contribution in [0.1, 0.15) is 9.67 Å². The maximum Gasteiger partial charge on any atom is 0.250 e. The highest BCUT2D eigenvalue weighted by atomic mass is 32.1. The van der Waals surface area contributed by atoms with E-state index in [1.807, 2.05) is 0 Å². The van der Waals surface area contributed by atoms with Crippen molar-refractivity contribution in [3.8, 4) is 0 Å². The average Bonchev–Trinajstić information content (AvgIpc) is 2.52. The summed E-state index contributed by atoms with van der Waals surface area (Å²) in [6, 6.07) is 3.34. The molecule has 0 radical (unpaired) electrons. The first kappa shape index (κ1) is 9.88. The minimum Gasteiger partial charge on any atom is -0.375 e. The van der Waals surface area contributed by atoms with E-state index in [2.05, 4.69) is 10.1 Å². The van der Waals surface area contributed by atoms with Crippen LogP contribution in [0.25, 0.3) is 0 Å². The van der Waals surface area contributed by atoms with Gasteiger partial charge in [-0.25, -0.2) is 0 Å². The molecule has 0 aliphatic heterocycles. The van der Waals surface area contributed by atoms with E-state index in [0.717, 1.165) is 6.29 Å². The molecule has 13 heavy (non-hydrogen) atoms. The number of rotatable bonds is 4. The van der Waals surface area contributed by atoms with Crippen molar-refractivity contribution in [2.75, 3.05) is 19.0 Å². The Kier molecular flexibility index (Phi) is 3.60. The van der Waals surface area contributed by atoms with Crippen LogP contribution < -0.4 is 5.32 Å². The number of thiophene rings is 1. The van der Waals surface area contributed by atoms with E-state index in [9.17, 15) is 9.59 Å². The second-order valence-corrected chi connectivity index (χ2v) is 3.42. The van der Waals surface area contributed by atoms with Crippen molar-refractivity contribution in [3.63, 3.8) is 0 Å². The molecule has 0 fully saturated rings. The second kappa shape index (κ2) is 4.74. The molecule has 0 spiro atoms. The average molecular weight is 199 g/mol. The summed E-state index contributed by atoms with van der Waals surface area (Å²) in [5.74, 6) is -0.221. The van der Waals surface area contributed by atoms with Gasteiger partial charge >= 0.3 is 0 Å². The zero-order chi connectivity index (χ0) is 9.68. The Bertz CT molecular complexity index is 308. The fraction of sp³-hybridized carbons (Fsp3) is 0.250. The first-order valence-electron chi connectivity index (χ1n) is 3.60.